The lowest BCUT2D eigenvalue weighted by Gasteiger charge is -2.10. The van der Waals surface area contributed by atoms with Crippen molar-refractivity contribution in [2.75, 3.05) is 13.2 Å². The fourth-order valence-corrected chi connectivity index (χ4v) is 2.17. The molecule has 0 aliphatic carbocycles. The van der Waals surface area contributed by atoms with Crippen LogP contribution in [0.4, 0.5) is 0 Å². The molecule has 2 heterocycles. The van der Waals surface area contributed by atoms with Crippen molar-refractivity contribution >= 4 is 10.9 Å². The Morgan fingerprint density at radius 3 is 3.00 bits per heavy atom. The second kappa shape index (κ2) is 3.76. The van der Waals surface area contributed by atoms with Gasteiger partial charge in [-0.1, -0.05) is 18.2 Å². The Bertz CT molecular complexity index is 518. The summed E-state index contributed by atoms with van der Waals surface area (Å²) in [6.07, 6.45) is 0.943. The topological polar surface area (TPSA) is 42.4 Å². The van der Waals surface area contributed by atoms with Crippen molar-refractivity contribution in [1.29, 1.82) is 0 Å². The molecule has 0 spiro atoms. The third-order valence-corrected chi connectivity index (χ3v) is 3.05. The number of ether oxygens (including phenoxy) is 1. The molecular formula is C13H13NO2. The lowest BCUT2D eigenvalue weighted by atomic mass is 10.0. The summed E-state index contributed by atoms with van der Waals surface area (Å²) >= 11 is 0. The molecule has 1 N–H and O–H groups in total. The van der Waals surface area contributed by atoms with Gasteiger partial charge in [-0.2, -0.15) is 0 Å². The van der Waals surface area contributed by atoms with Crippen LogP contribution in [0.2, 0.25) is 0 Å². The van der Waals surface area contributed by atoms with Gasteiger partial charge in [0.25, 0.3) is 0 Å². The first kappa shape index (κ1) is 9.60. The zero-order chi connectivity index (χ0) is 11.0. The van der Waals surface area contributed by atoms with Gasteiger partial charge in [-0.05, 0) is 18.6 Å². The van der Waals surface area contributed by atoms with Crippen LogP contribution in [-0.2, 0) is 4.74 Å². The first-order valence-electron chi connectivity index (χ1n) is 5.51. The van der Waals surface area contributed by atoms with Crippen molar-refractivity contribution in [3.63, 3.8) is 0 Å². The van der Waals surface area contributed by atoms with Crippen LogP contribution in [0.3, 0.4) is 0 Å². The van der Waals surface area contributed by atoms with Crippen LogP contribution in [0.1, 0.15) is 18.0 Å². The second-order valence-electron chi connectivity index (χ2n) is 4.15. The molecule has 2 aromatic rings. The van der Waals surface area contributed by atoms with Gasteiger partial charge in [0, 0.05) is 17.9 Å². The fraction of sp³-hybridized carbons (Fsp3) is 0.308. The van der Waals surface area contributed by atoms with Gasteiger partial charge in [-0.15, -0.1) is 0 Å². The SMILES string of the molecule is Oc1cc2ccccc2nc1C1CCOC1. The summed E-state index contributed by atoms with van der Waals surface area (Å²) in [5.74, 6) is 0.527. The van der Waals surface area contributed by atoms with Crippen molar-refractivity contribution in [2.45, 2.75) is 12.3 Å². The number of aromatic nitrogens is 1. The van der Waals surface area contributed by atoms with Crippen LogP contribution in [0.15, 0.2) is 30.3 Å². The maximum absolute atomic E-state index is 9.95. The number of nitrogens with zero attached hydrogens (tertiary/aromatic N) is 1. The van der Waals surface area contributed by atoms with Gasteiger partial charge in [0.05, 0.1) is 17.8 Å². The molecule has 1 aromatic carbocycles. The minimum absolute atomic E-state index is 0.240. The molecule has 16 heavy (non-hydrogen) atoms. The highest BCUT2D eigenvalue weighted by Gasteiger charge is 2.22. The fourth-order valence-electron chi connectivity index (χ4n) is 2.17. The Morgan fingerprint density at radius 1 is 1.31 bits per heavy atom. The summed E-state index contributed by atoms with van der Waals surface area (Å²) < 4.78 is 5.33. The molecule has 1 aromatic heterocycles. The zero-order valence-corrected chi connectivity index (χ0v) is 8.89. The highest BCUT2D eigenvalue weighted by atomic mass is 16.5. The monoisotopic (exact) mass is 215 g/mol. The molecule has 1 atom stereocenters. The Hall–Kier alpha value is -1.61. The summed E-state index contributed by atoms with van der Waals surface area (Å²) in [6.45, 7) is 1.43. The van der Waals surface area contributed by atoms with Crippen LogP contribution in [0.5, 0.6) is 5.75 Å². The maximum Gasteiger partial charge on any atom is 0.138 e. The highest BCUT2D eigenvalue weighted by molar-refractivity contribution is 5.80. The summed E-state index contributed by atoms with van der Waals surface area (Å²) in [5.41, 5.74) is 1.71. The molecule has 3 nitrogen and oxygen atoms in total. The molecule has 0 amide bonds. The molecule has 1 saturated heterocycles. The van der Waals surface area contributed by atoms with Gasteiger partial charge in [0.2, 0.25) is 0 Å². The summed E-state index contributed by atoms with van der Waals surface area (Å²) in [7, 11) is 0. The largest absolute Gasteiger partial charge is 0.506 e. The number of fused-ring (bicyclic) bond motifs is 1. The molecule has 1 aliphatic rings. The van der Waals surface area contributed by atoms with Gasteiger partial charge in [-0.3, -0.25) is 0 Å². The third-order valence-electron chi connectivity index (χ3n) is 3.05. The van der Waals surface area contributed by atoms with Crippen LogP contribution in [0, 0.1) is 0 Å². The average Bonchev–Trinajstić information content (AvgIpc) is 2.81. The summed E-state index contributed by atoms with van der Waals surface area (Å²) in [5, 5.41) is 10.9. The minimum Gasteiger partial charge on any atom is -0.506 e. The van der Waals surface area contributed by atoms with Crippen LogP contribution in [0.25, 0.3) is 10.9 Å². The number of hydrogen-bond donors (Lipinski definition) is 1. The Labute approximate surface area is 93.7 Å². The van der Waals surface area contributed by atoms with Gasteiger partial charge in [0.15, 0.2) is 0 Å². The first-order chi connectivity index (χ1) is 7.84. The number of rotatable bonds is 1. The second-order valence-corrected chi connectivity index (χ2v) is 4.15. The van der Waals surface area contributed by atoms with E-state index in [4.69, 9.17) is 4.74 Å². The lowest BCUT2D eigenvalue weighted by molar-refractivity contribution is 0.193. The Balaban J connectivity index is 2.13. The lowest BCUT2D eigenvalue weighted by Crippen LogP contribution is -2.01. The van der Waals surface area contributed by atoms with E-state index in [0.717, 1.165) is 29.6 Å². The number of aromatic hydroxyl groups is 1. The van der Waals surface area contributed by atoms with Crippen molar-refractivity contribution in [2.24, 2.45) is 0 Å². The molecule has 3 rings (SSSR count). The predicted molar refractivity (Wildman–Crippen MR) is 61.6 cm³/mol. The molecule has 3 heteroatoms. The maximum atomic E-state index is 9.95. The summed E-state index contributed by atoms with van der Waals surface area (Å²) in [6, 6.07) is 9.62. The number of pyridine rings is 1. The van der Waals surface area contributed by atoms with E-state index in [9.17, 15) is 5.11 Å². The molecule has 1 unspecified atom stereocenters. The van der Waals surface area contributed by atoms with Gasteiger partial charge >= 0.3 is 0 Å². The minimum atomic E-state index is 0.240. The van der Waals surface area contributed by atoms with E-state index in [0.29, 0.717) is 6.61 Å². The standard InChI is InChI=1S/C13H13NO2/c15-12-7-9-3-1-2-4-11(9)14-13(12)10-5-6-16-8-10/h1-4,7,10,15H,5-6,8H2. The van der Waals surface area contributed by atoms with E-state index in [2.05, 4.69) is 4.98 Å². The third kappa shape index (κ3) is 1.53. The molecule has 0 saturated carbocycles. The van der Waals surface area contributed by atoms with E-state index in [1.165, 1.54) is 0 Å². The van der Waals surface area contributed by atoms with Crippen molar-refractivity contribution in [3.05, 3.63) is 36.0 Å². The number of hydrogen-bond acceptors (Lipinski definition) is 3. The molecule has 0 bridgehead atoms. The predicted octanol–water partition coefficient (Wildman–Crippen LogP) is 2.44. The van der Waals surface area contributed by atoms with Gasteiger partial charge < -0.3 is 9.84 Å². The van der Waals surface area contributed by atoms with Crippen molar-refractivity contribution in [1.82, 2.24) is 4.98 Å². The van der Waals surface area contributed by atoms with E-state index >= 15 is 0 Å². The van der Waals surface area contributed by atoms with Crippen molar-refractivity contribution < 1.29 is 9.84 Å². The van der Waals surface area contributed by atoms with Gasteiger partial charge in [-0.25, -0.2) is 4.98 Å². The number of benzene rings is 1. The van der Waals surface area contributed by atoms with E-state index in [-0.39, 0.29) is 11.7 Å². The van der Waals surface area contributed by atoms with Crippen LogP contribution < -0.4 is 0 Å². The quantitative estimate of drug-likeness (QED) is 0.794. The Morgan fingerprint density at radius 2 is 2.19 bits per heavy atom. The van der Waals surface area contributed by atoms with Crippen LogP contribution >= 0.6 is 0 Å². The van der Waals surface area contributed by atoms with E-state index in [1.807, 2.05) is 24.3 Å². The van der Waals surface area contributed by atoms with Gasteiger partial charge in [0.1, 0.15) is 5.75 Å². The number of para-hydroxylation sites is 1. The average molecular weight is 215 g/mol. The molecule has 82 valence electrons. The normalized spacial score (nSPS) is 20.4. The van der Waals surface area contributed by atoms with Crippen molar-refractivity contribution in [3.8, 4) is 5.75 Å². The first-order valence-corrected chi connectivity index (χ1v) is 5.51. The Kier molecular flexibility index (Phi) is 2.26. The molecule has 1 aliphatic heterocycles. The highest BCUT2D eigenvalue weighted by Crippen LogP contribution is 2.32. The molecular weight excluding hydrogens is 202 g/mol. The zero-order valence-electron chi connectivity index (χ0n) is 8.89. The van der Waals surface area contributed by atoms with E-state index in [1.54, 1.807) is 6.07 Å². The smallest absolute Gasteiger partial charge is 0.138 e. The molecule has 1 fully saturated rings. The van der Waals surface area contributed by atoms with Crippen LogP contribution in [-0.4, -0.2) is 23.3 Å². The summed E-state index contributed by atoms with van der Waals surface area (Å²) in [4.78, 5) is 4.53. The molecule has 0 radical (unpaired) electrons. The van der Waals surface area contributed by atoms with E-state index < -0.39 is 0 Å².